The zero-order valence-electron chi connectivity index (χ0n) is 5.75. The fourth-order valence-corrected chi connectivity index (χ4v) is 1.41. The number of carboxylic acids is 1. The molecule has 0 amide bonds. The largest absolute Gasteiger partial charge is 0.478 e. The van der Waals surface area contributed by atoms with E-state index in [1.807, 2.05) is 0 Å². The third-order valence-corrected chi connectivity index (χ3v) is 1.90. The van der Waals surface area contributed by atoms with Crippen LogP contribution in [0.25, 0.3) is 0 Å². The Balaban J connectivity index is 3.27. The summed E-state index contributed by atoms with van der Waals surface area (Å²) < 4.78 is 4.64. The Bertz CT molecular complexity index is 314. The first-order valence-electron chi connectivity index (χ1n) is 2.97. The zero-order chi connectivity index (χ0) is 9.14. The van der Waals surface area contributed by atoms with Gasteiger partial charge in [-0.1, -0.05) is 17.7 Å². The standard InChI is InChI=1S/C7H4BrClO3/c8-12-6-4(7(10)11)2-1-3-5(6)9/h1-3H,(H,10,11). The molecule has 12 heavy (non-hydrogen) atoms. The number of hydrogen-bond donors (Lipinski definition) is 1. The molecular formula is C7H4BrClO3. The summed E-state index contributed by atoms with van der Waals surface area (Å²) in [7, 11) is 0. The lowest BCUT2D eigenvalue weighted by Gasteiger charge is -2.03. The number of benzene rings is 1. The Morgan fingerprint density at radius 3 is 2.67 bits per heavy atom. The minimum absolute atomic E-state index is 0.0272. The van der Waals surface area contributed by atoms with Gasteiger partial charge in [0.1, 0.15) is 5.56 Å². The van der Waals surface area contributed by atoms with Gasteiger partial charge in [-0.2, -0.15) is 0 Å². The maximum atomic E-state index is 10.6. The number of aromatic carboxylic acids is 1. The second-order valence-corrected chi connectivity index (χ2v) is 2.73. The van der Waals surface area contributed by atoms with E-state index in [-0.39, 0.29) is 16.3 Å². The molecule has 1 aromatic carbocycles. The Morgan fingerprint density at radius 1 is 1.58 bits per heavy atom. The van der Waals surface area contributed by atoms with Gasteiger partial charge in [0.2, 0.25) is 0 Å². The van der Waals surface area contributed by atoms with Crippen LogP contribution in [-0.4, -0.2) is 11.1 Å². The number of para-hydroxylation sites is 1. The summed E-state index contributed by atoms with van der Waals surface area (Å²) in [6, 6.07) is 4.50. The van der Waals surface area contributed by atoms with Crippen molar-refractivity contribution >= 4 is 33.8 Å². The van der Waals surface area contributed by atoms with E-state index in [0.717, 1.165) is 0 Å². The molecule has 0 bridgehead atoms. The first-order valence-corrected chi connectivity index (χ1v) is 3.99. The van der Waals surface area contributed by atoms with Crippen LogP contribution in [0.15, 0.2) is 18.2 Å². The maximum absolute atomic E-state index is 10.6. The van der Waals surface area contributed by atoms with Crippen molar-refractivity contribution in [1.29, 1.82) is 0 Å². The summed E-state index contributed by atoms with van der Waals surface area (Å²) in [4.78, 5) is 10.6. The van der Waals surface area contributed by atoms with E-state index in [9.17, 15) is 4.79 Å². The normalized spacial score (nSPS) is 9.50. The molecule has 3 nitrogen and oxygen atoms in total. The van der Waals surface area contributed by atoms with Gasteiger partial charge in [0, 0.05) is 0 Å². The molecule has 0 spiro atoms. The monoisotopic (exact) mass is 250 g/mol. The van der Waals surface area contributed by atoms with Crippen molar-refractivity contribution in [3.05, 3.63) is 28.8 Å². The summed E-state index contributed by atoms with van der Waals surface area (Å²) in [5, 5.41) is 8.92. The van der Waals surface area contributed by atoms with Crippen LogP contribution >= 0.6 is 27.9 Å². The highest BCUT2D eigenvalue weighted by molar-refractivity contribution is 9.06. The molecule has 0 saturated heterocycles. The van der Waals surface area contributed by atoms with Gasteiger partial charge in [-0.25, -0.2) is 4.79 Å². The molecule has 1 aromatic rings. The average molecular weight is 251 g/mol. The Labute approximate surface area is 82.4 Å². The van der Waals surface area contributed by atoms with E-state index < -0.39 is 5.97 Å². The van der Waals surface area contributed by atoms with Crippen LogP contribution in [0.1, 0.15) is 10.4 Å². The third-order valence-electron chi connectivity index (χ3n) is 1.27. The van der Waals surface area contributed by atoms with Crippen LogP contribution < -0.4 is 3.83 Å². The van der Waals surface area contributed by atoms with Crippen molar-refractivity contribution in [3.8, 4) is 5.75 Å². The highest BCUT2D eigenvalue weighted by Crippen LogP contribution is 2.29. The van der Waals surface area contributed by atoms with Crippen LogP contribution in [-0.2, 0) is 0 Å². The summed E-state index contributed by atoms with van der Waals surface area (Å²) in [6.45, 7) is 0. The van der Waals surface area contributed by atoms with Crippen molar-refractivity contribution in [2.45, 2.75) is 0 Å². The molecule has 0 fully saturated rings. The Kier molecular flexibility index (Phi) is 2.94. The van der Waals surface area contributed by atoms with E-state index in [2.05, 4.69) is 20.1 Å². The van der Waals surface area contributed by atoms with Gasteiger partial charge in [0.05, 0.1) is 5.02 Å². The molecule has 64 valence electrons. The molecule has 0 aliphatic rings. The minimum atomic E-state index is -1.08. The zero-order valence-corrected chi connectivity index (χ0v) is 8.09. The van der Waals surface area contributed by atoms with Crippen molar-refractivity contribution in [1.82, 2.24) is 0 Å². The fraction of sp³-hybridized carbons (Fsp3) is 0. The van der Waals surface area contributed by atoms with Crippen molar-refractivity contribution in [2.75, 3.05) is 0 Å². The quantitative estimate of drug-likeness (QED) is 0.879. The van der Waals surface area contributed by atoms with Gasteiger partial charge in [-0.05, 0) is 12.1 Å². The summed E-state index contributed by atoms with van der Waals surface area (Å²) in [6.07, 6.45) is 0. The number of halogens is 2. The molecule has 0 unspecified atom stereocenters. The Hall–Kier alpha value is -0.740. The van der Waals surface area contributed by atoms with E-state index >= 15 is 0 Å². The fourth-order valence-electron chi connectivity index (χ4n) is 0.756. The van der Waals surface area contributed by atoms with E-state index in [1.165, 1.54) is 6.07 Å². The molecule has 0 atom stereocenters. The molecule has 5 heteroatoms. The SMILES string of the molecule is O=C(O)c1cccc(Cl)c1OBr. The van der Waals surface area contributed by atoms with Gasteiger partial charge in [0.25, 0.3) is 0 Å². The van der Waals surface area contributed by atoms with E-state index in [0.29, 0.717) is 0 Å². The lowest BCUT2D eigenvalue weighted by Crippen LogP contribution is -1.98. The van der Waals surface area contributed by atoms with Gasteiger partial charge in [-0.3, -0.25) is 0 Å². The number of hydrogen-bond acceptors (Lipinski definition) is 2. The highest BCUT2D eigenvalue weighted by atomic mass is 79.9. The first-order chi connectivity index (χ1) is 5.66. The van der Waals surface area contributed by atoms with Crippen LogP contribution in [0.5, 0.6) is 5.75 Å². The summed E-state index contributed by atoms with van der Waals surface area (Å²) >= 11 is 8.33. The summed E-state index contributed by atoms with van der Waals surface area (Å²) in [5.41, 5.74) is 0.0272. The number of rotatable bonds is 2. The second-order valence-electron chi connectivity index (χ2n) is 2.00. The molecule has 0 saturated carbocycles. The lowest BCUT2D eigenvalue weighted by atomic mass is 10.2. The van der Waals surface area contributed by atoms with Crippen LogP contribution in [0.4, 0.5) is 0 Å². The van der Waals surface area contributed by atoms with Crippen LogP contribution in [0, 0.1) is 0 Å². The molecule has 0 aliphatic carbocycles. The Morgan fingerprint density at radius 2 is 2.25 bits per heavy atom. The van der Waals surface area contributed by atoms with E-state index in [4.69, 9.17) is 16.7 Å². The third kappa shape index (κ3) is 1.70. The molecule has 0 aliphatic heterocycles. The lowest BCUT2D eigenvalue weighted by molar-refractivity contribution is 0.0695. The van der Waals surface area contributed by atoms with E-state index in [1.54, 1.807) is 12.1 Å². The molecule has 1 rings (SSSR count). The smallest absolute Gasteiger partial charge is 0.339 e. The molecule has 0 aromatic heterocycles. The number of carboxylic acid groups (broad SMARTS) is 1. The molecular weight excluding hydrogens is 247 g/mol. The van der Waals surface area contributed by atoms with Crippen molar-refractivity contribution in [3.63, 3.8) is 0 Å². The molecule has 0 heterocycles. The van der Waals surface area contributed by atoms with Crippen LogP contribution in [0.3, 0.4) is 0 Å². The topological polar surface area (TPSA) is 46.5 Å². The first kappa shape index (κ1) is 9.35. The van der Waals surface area contributed by atoms with Crippen LogP contribution in [0.2, 0.25) is 5.02 Å². The summed E-state index contributed by atoms with van der Waals surface area (Å²) in [5.74, 6) is -0.960. The number of carbonyl (C=O) groups is 1. The van der Waals surface area contributed by atoms with Gasteiger partial charge in [-0.15, -0.1) is 0 Å². The van der Waals surface area contributed by atoms with Crippen molar-refractivity contribution in [2.24, 2.45) is 0 Å². The maximum Gasteiger partial charge on any atom is 0.339 e. The second kappa shape index (κ2) is 3.78. The minimum Gasteiger partial charge on any atom is -0.478 e. The van der Waals surface area contributed by atoms with Crippen molar-refractivity contribution < 1.29 is 13.7 Å². The van der Waals surface area contributed by atoms with Gasteiger partial charge >= 0.3 is 5.97 Å². The predicted molar refractivity (Wildman–Crippen MR) is 48.0 cm³/mol. The molecule has 0 radical (unpaired) electrons. The van der Waals surface area contributed by atoms with Gasteiger partial charge < -0.3 is 8.93 Å². The average Bonchev–Trinajstić information content (AvgIpc) is 2.03. The van der Waals surface area contributed by atoms with Gasteiger partial charge in [0.15, 0.2) is 22.0 Å². The molecule has 1 N–H and O–H groups in total. The highest BCUT2D eigenvalue weighted by Gasteiger charge is 2.13. The predicted octanol–water partition coefficient (Wildman–Crippen LogP) is 2.73.